The summed E-state index contributed by atoms with van der Waals surface area (Å²) in [5, 5.41) is 7.79. The molecule has 0 unspecified atom stereocenters. The molecule has 1 aromatic heterocycles. The summed E-state index contributed by atoms with van der Waals surface area (Å²) >= 11 is 0. The molecule has 1 aromatic carbocycles. The molecule has 1 fully saturated rings. The van der Waals surface area contributed by atoms with Crippen LogP contribution in [0.15, 0.2) is 24.5 Å². The van der Waals surface area contributed by atoms with Gasteiger partial charge in [0.15, 0.2) is 11.5 Å². The molecule has 1 saturated heterocycles. The second kappa shape index (κ2) is 6.93. The van der Waals surface area contributed by atoms with Crippen molar-refractivity contribution in [3.8, 4) is 17.2 Å². The van der Waals surface area contributed by atoms with E-state index in [2.05, 4.69) is 10.4 Å². The Hall–Kier alpha value is -2.25. The summed E-state index contributed by atoms with van der Waals surface area (Å²) in [6, 6.07) is 3.99. The van der Waals surface area contributed by atoms with E-state index in [9.17, 15) is 0 Å². The molecule has 2 atom stereocenters. The second-order valence-corrected chi connectivity index (χ2v) is 6.45. The molecule has 0 aliphatic carbocycles. The highest BCUT2D eigenvalue weighted by Gasteiger charge is 2.30. The number of ether oxygens (including phenoxy) is 4. The molecule has 0 bridgehead atoms. The topological polar surface area (TPSA) is 66.8 Å². The molecule has 4 rings (SSSR count). The van der Waals surface area contributed by atoms with E-state index in [-0.39, 0.29) is 12.9 Å². The molecule has 2 aliphatic heterocycles. The van der Waals surface area contributed by atoms with Gasteiger partial charge in [0.2, 0.25) is 12.5 Å². The number of aryl methyl sites for hydroxylation is 1. The molecular formula is C18H23N3O4. The number of fused-ring (bicyclic) bond motifs is 1. The molecule has 2 aromatic rings. The first-order valence-corrected chi connectivity index (χ1v) is 8.52. The molecule has 2 aliphatic rings. The third kappa shape index (κ3) is 3.29. The van der Waals surface area contributed by atoms with Crippen molar-refractivity contribution < 1.29 is 18.9 Å². The lowest BCUT2D eigenvalue weighted by molar-refractivity contribution is 0.0904. The molecule has 25 heavy (non-hydrogen) atoms. The number of hydrogen-bond donors (Lipinski definition) is 1. The Morgan fingerprint density at radius 1 is 1.36 bits per heavy atom. The molecular weight excluding hydrogens is 322 g/mol. The van der Waals surface area contributed by atoms with Crippen LogP contribution >= 0.6 is 0 Å². The Morgan fingerprint density at radius 2 is 2.28 bits per heavy atom. The molecule has 1 N–H and O–H groups in total. The minimum atomic E-state index is 0.118. The van der Waals surface area contributed by atoms with E-state index < -0.39 is 0 Å². The highest BCUT2D eigenvalue weighted by Crippen LogP contribution is 2.41. The van der Waals surface area contributed by atoms with Crippen molar-refractivity contribution in [3.63, 3.8) is 0 Å². The highest BCUT2D eigenvalue weighted by atomic mass is 16.7. The Kier molecular flexibility index (Phi) is 4.50. The van der Waals surface area contributed by atoms with Gasteiger partial charge in [0, 0.05) is 44.4 Å². The lowest BCUT2D eigenvalue weighted by atomic mass is 9.97. The largest absolute Gasteiger partial charge is 0.493 e. The van der Waals surface area contributed by atoms with Gasteiger partial charge < -0.3 is 24.3 Å². The van der Waals surface area contributed by atoms with Gasteiger partial charge in [-0.05, 0) is 24.1 Å². The van der Waals surface area contributed by atoms with E-state index in [1.54, 1.807) is 7.11 Å². The minimum Gasteiger partial charge on any atom is -0.493 e. The second-order valence-electron chi connectivity index (χ2n) is 6.45. The van der Waals surface area contributed by atoms with E-state index in [4.69, 9.17) is 18.9 Å². The maximum absolute atomic E-state index is 5.91. The van der Waals surface area contributed by atoms with E-state index in [1.807, 2.05) is 36.3 Å². The number of hydrogen-bond acceptors (Lipinski definition) is 6. The van der Waals surface area contributed by atoms with E-state index in [0.717, 1.165) is 43.0 Å². The maximum atomic E-state index is 5.91. The van der Waals surface area contributed by atoms with Crippen molar-refractivity contribution in [2.45, 2.75) is 19.1 Å². The summed E-state index contributed by atoms with van der Waals surface area (Å²) in [6.45, 7) is 2.66. The number of rotatable bonds is 6. The van der Waals surface area contributed by atoms with Crippen LogP contribution in [-0.4, -0.2) is 36.8 Å². The lowest BCUT2D eigenvalue weighted by Gasteiger charge is -2.18. The molecule has 3 heterocycles. The zero-order valence-corrected chi connectivity index (χ0v) is 14.5. The smallest absolute Gasteiger partial charge is 0.231 e. The van der Waals surface area contributed by atoms with Crippen LogP contribution in [-0.2, 0) is 18.3 Å². The first-order valence-electron chi connectivity index (χ1n) is 8.52. The number of aromatic nitrogens is 2. The van der Waals surface area contributed by atoms with Crippen LogP contribution < -0.4 is 19.5 Å². The van der Waals surface area contributed by atoms with Gasteiger partial charge in [-0.25, -0.2) is 0 Å². The fourth-order valence-corrected chi connectivity index (χ4v) is 3.49. The van der Waals surface area contributed by atoms with E-state index in [1.165, 1.54) is 0 Å². The quantitative estimate of drug-likeness (QED) is 0.864. The SMILES string of the molecule is COc1cc(CNC[C@@H]2CCO[C@@H]2c2cnn(C)c2)cc2c1OCO2. The third-order valence-electron chi connectivity index (χ3n) is 4.72. The molecule has 0 radical (unpaired) electrons. The Labute approximate surface area is 146 Å². The van der Waals surface area contributed by atoms with Gasteiger partial charge in [0.05, 0.1) is 19.4 Å². The van der Waals surface area contributed by atoms with Crippen LogP contribution in [0.25, 0.3) is 0 Å². The summed E-state index contributed by atoms with van der Waals surface area (Å²) < 4.78 is 24.0. The monoisotopic (exact) mass is 345 g/mol. The van der Waals surface area contributed by atoms with Crippen molar-refractivity contribution >= 4 is 0 Å². The lowest BCUT2D eigenvalue weighted by Crippen LogP contribution is -2.24. The molecule has 0 spiro atoms. The Bertz CT molecular complexity index is 746. The standard InChI is InChI=1S/C18H23N3O4/c1-21-10-14(9-20-21)17-13(3-4-23-17)8-19-7-12-5-15(22-2)18-16(6-12)24-11-25-18/h5-6,9-10,13,17,19H,3-4,7-8,11H2,1-2H3/t13-,17-/m0/s1. The normalized spacial score (nSPS) is 21.7. The minimum absolute atomic E-state index is 0.118. The van der Waals surface area contributed by atoms with Crippen LogP contribution in [0.3, 0.4) is 0 Å². The van der Waals surface area contributed by atoms with Crippen LogP contribution in [0.1, 0.15) is 23.7 Å². The van der Waals surface area contributed by atoms with Crippen molar-refractivity contribution in [2.24, 2.45) is 13.0 Å². The molecule has 134 valence electrons. The van der Waals surface area contributed by atoms with Crippen molar-refractivity contribution in [1.82, 2.24) is 15.1 Å². The number of nitrogens with zero attached hydrogens (tertiary/aromatic N) is 2. The summed E-state index contributed by atoms with van der Waals surface area (Å²) in [4.78, 5) is 0. The fraction of sp³-hybridized carbons (Fsp3) is 0.500. The predicted octanol–water partition coefficient (Wildman–Crippen LogP) is 2.02. The summed E-state index contributed by atoms with van der Waals surface area (Å²) in [6.07, 6.45) is 5.10. The average Bonchev–Trinajstić information content (AvgIpc) is 3.34. The average molecular weight is 345 g/mol. The number of benzene rings is 1. The Morgan fingerprint density at radius 3 is 3.08 bits per heavy atom. The van der Waals surface area contributed by atoms with Gasteiger partial charge in [-0.1, -0.05) is 0 Å². The first kappa shape index (κ1) is 16.2. The summed E-state index contributed by atoms with van der Waals surface area (Å²) in [7, 11) is 3.57. The van der Waals surface area contributed by atoms with Gasteiger partial charge in [0.1, 0.15) is 0 Å². The third-order valence-corrected chi connectivity index (χ3v) is 4.72. The van der Waals surface area contributed by atoms with Crippen molar-refractivity contribution in [1.29, 1.82) is 0 Å². The van der Waals surface area contributed by atoms with E-state index in [0.29, 0.717) is 17.4 Å². The molecule has 0 amide bonds. The zero-order chi connectivity index (χ0) is 17.2. The van der Waals surface area contributed by atoms with Crippen LogP contribution in [0.5, 0.6) is 17.2 Å². The first-order chi connectivity index (χ1) is 12.2. The zero-order valence-electron chi connectivity index (χ0n) is 14.5. The van der Waals surface area contributed by atoms with Crippen LogP contribution in [0.4, 0.5) is 0 Å². The van der Waals surface area contributed by atoms with Gasteiger partial charge in [-0.2, -0.15) is 5.10 Å². The summed E-state index contributed by atoms with van der Waals surface area (Å²) in [5.41, 5.74) is 2.26. The fourth-order valence-electron chi connectivity index (χ4n) is 3.49. The number of nitrogens with one attached hydrogen (secondary N) is 1. The molecule has 7 nitrogen and oxygen atoms in total. The maximum Gasteiger partial charge on any atom is 0.231 e. The van der Waals surface area contributed by atoms with Gasteiger partial charge >= 0.3 is 0 Å². The molecule has 0 saturated carbocycles. The van der Waals surface area contributed by atoms with Gasteiger partial charge in [-0.15, -0.1) is 0 Å². The molecule has 7 heteroatoms. The van der Waals surface area contributed by atoms with E-state index >= 15 is 0 Å². The van der Waals surface area contributed by atoms with Gasteiger partial charge in [-0.3, -0.25) is 4.68 Å². The predicted molar refractivity (Wildman–Crippen MR) is 90.8 cm³/mol. The van der Waals surface area contributed by atoms with Gasteiger partial charge in [0.25, 0.3) is 0 Å². The van der Waals surface area contributed by atoms with Crippen LogP contribution in [0, 0.1) is 5.92 Å². The van der Waals surface area contributed by atoms with Crippen molar-refractivity contribution in [2.75, 3.05) is 27.1 Å². The highest BCUT2D eigenvalue weighted by molar-refractivity contribution is 5.55. The van der Waals surface area contributed by atoms with Crippen molar-refractivity contribution in [3.05, 3.63) is 35.7 Å². The summed E-state index contributed by atoms with van der Waals surface area (Å²) in [5.74, 6) is 2.59. The van der Waals surface area contributed by atoms with Crippen LogP contribution in [0.2, 0.25) is 0 Å². The number of methoxy groups -OCH3 is 1. The Balaban J connectivity index is 1.37.